The Bertz CT molecular complexity index is 465. The van der Waals surface area contributed by atoms with E-state index in [2.05, 4.69) is 4.98 Å². The number of hydrogen-bond donors (Lipinski definition) is 1. The molecule has 0 amide bonds. The maximum atomic E-state index is 10.8. The molecule has 1 heterocycles. The Morgan fingerprint density at radius 3 is 2.12 bits per heavy atom. The van der Waals surface area contributed by atoms with Crippen LogP contribution in [0.1, 0.15) is 0 Å². The first-order valence-electron chi connectivity index (χ1n) is 3.41. The average molecular weight is 234 g/mol. The Kier molecular flexibility index (Phi) is 2.73. The Morgan fingerprint density at radius 1 is 1.19 bits per heavy atom. The summed E-state index contributed by atoms with van der Waals surface area (Å²) in [5.74, 6) is -2.31. The second-order valence-electron chi connectivity index (χ2n) is 2.32. The number of nitrogens with zero attached hydrogens (tertiary/aromatic N) is 5. The van der Waals surface area contributed by atoms with Crippen LogP contribution in [0.5, 0.6) is 0 Å². The van der Waals surface area contributed by atoms with Gasteiger partial charge in [0.15, 0.2) is 0 Å². The highest BCUT2D eigenvalue weighted by molar-refractivity contribution is 5.22. The molecule has 0 radical (unpaired) electrons. The Morgan fingerprint density at radius 2 is 1.75 bits per heavy atom. The van der Waals surface area contributed by atoms with Crippen LogP contribution in [0.25, 0.3) is 0 Å². The SMILES string of the molecule is O=[N+]([O-])c1cn([NH+]([O-])[N+](=O)[O-])c([N+](=O)[O-])n1. The number of nitro groups is 3. The molecule has 0 saturated carbocycles. The molecule has 1 unspecified atom stereocenters. The van der Waals surface area contributed by atoms with Crippen molar-refractivity contribution in [2.24, 2.45) is 0 Å². The molecule has 0 aliphatic heterocycles. The Labute approximate surface area is 84.5 Å². The summed E-state index contributed by atoms with van der Waals surface area (Å²) in [4.78, 5) is 31.1. The molecule has 0 bridgehead atoms. The van der Waals surface area contributed by atoms with E-state index in [0.717, 1.165) is 0 Å². The van der Waals surface area contributed by atoms with Crippen molar-refractivity contribution in [2.75, 3.05) is 0 Å². The van der Waals surface area contributed by atoms with E-state index in [0.29, 0.717) is 6.20 Å². The molecule has 1 atom stereocenters. The third kappa shape index (κ3) is 1.88. The second-order valence-corrected chi connectivity index (χ2v) is 2.32. The van der Waals surface area contributed by atoms with Crippen molar-refractivity contribution in [1.82, 2.24) is 9.66 Å². The van der Waals surface area contributed by atoms with E-state index in [1.807, 2.05) is 0 Å². The third-order valence-electron chi connectivity index (χ3n) is 1.39. The topological polar surface area (TPSA) is 175 Å². The minimum absolute atomic E-state index is 0.113. The number of aromatic nitrogens is 2. The smallest absolute Gasteiger partial charge is 0.493 e. The van der Waals surface area contributed by atoms with Gasteiger partial charge < -0.3 is 25.4 Å². The molecule has 0 fully saturated rings. The number of hydrogen-bond acceptors (Lipinski definition) is 8. The molecule has 16 heavy (non-hydrogen) atoms. The molecule has 13 nitrogen and oxygen atoms in total. The summed E-state index contributed by atoms with van der Waals surface area (Å²) in [5.41, 5.74) is 0. The van der Waals surface area contributed by atoms with Crippen molar-refractivity contribution in [3.05, 3.63) is 41.7 Å². The first kappa shape index (κ1) is 11.4. The lowest BCUT2D eigenvalue weighted by Crippen LogP contribution is -3.12. The molecule has 1 aromatic heterocycles. The van der Waals surface area contributed by atoms with Crippen molar-refractivity contribution in [2.45, 2.75) is 0 Å². The van der Waals surface area contributed by atoms with E-state index in [1.54, 1.807) is 0 Å². The highest BCUT2D eigenvalue weighted by atomic mass is 16.8. The van der Waals surface area contributed by atoms with Crippen LogP contribution < -0.4 is 5.28 Å². The molecule has 13 heteroatoms. The third-order valence-corrected chi connectivity index (χ3v) is 1.39. The van der Waals surface area contributed by atoms with Gasteiger partial charge in [0.1, 0.15) is 0 Å². The average Bonchev–Trinajstić information content (AvgIpc) is 2.60. The molecule has 1 rings (SSSR count). The lowest BCUT2D eigenvalue weighted by atomic mass is 10.8. The van der Waals surface area contributed by atoms with Crippen LogP contribution in [0.3, 0.4) is 0 Å². The van der Waals surface area contributed by atoms with E-state index >= 15 is 0 Å². The summed E-state index contributed by atoms with van der Waals surface area (Å²) >= 11 is 0. The van der Waals surface area contributed by atoms with Crippen LogP contribution in [0.15, 0.2) is 6.20 Å². The first-order chi connectivity index (χ1) is 7.34. The summed E-state index contributed by atoms with van der Waals surface area (Å²) in [6.07, 6.45) is 0.309. The highest BCUT2D eigenvalue weighted by Crippen LogP contribution is 2.13. The van der Waals surface area contributed by atoms with Gasteiger partial charge in [-0.3, -0.25) is 0 Å². The fourth-order valence-corrected chi connectivity index (χ4v) is 0.804. The van der Waals surface area contributed by atoms with Crippen LogP contribution in [0.4, 0.5) is 11.8 Å². The minimum Gasteiger partial charge on any atom is -0.533 e. The van der Waals surface area contributed by atoms with Gasteiger partial charge in [-0.05, 0) is 14.8 Å². The van der Waals surface area contributed by atoms with Gasteiger partial charge in [-0.15, -0.1) is 0 Å². The van der Waals surface area contributed by atoms with Crippen molar-refractivity contribution >= 4 is 11.8 Å². The number of rotatable bonds is 4. The van der Waals surface area contributed by atoms with Gasteiger partial charge in [0, 0.05) is 4.68 Å². The van der Waals surface area contributed by atoms with Crippen LogP contribution in [0.2, 0.25) is 0 Å². The normalized spacial score (nSPS) is 12.1. The van der Waals surface area contributed by atoms with Gasteiger partial charge in [0.25, 0.3) is 5.03 Å². The lowest BCUT2D eigenvalue weighted by molar-refractivity contribution is -1.32. The zero-order valence-corrected chi connectivity index (χ0v) is 7.17. The van der Waals surface area contributed by atoms with Crippen LogP contribution in [-0.4, -0.2) is 24.5 Å². The first-order valence-corrected chi connectivity index (χ1v) is 3.41. The van der Waals surface area contributed by atoms with Crippen LogP contribution in [0, 0.1) is 35.6 Å². The van der Waals surface area contributed by atoms with E-state index in [-0.39, 0.29) is 4.68 Å². The molecule has 1 N–H and O–H groups in total. The fraction of sp³-hybridized carbons (Fsp3) is 0. The highest BCUT2D eigenvalue weighted by Gasteiger charge is 2.32. The fourth-order valence-electron chi connectivity index (χ4n) is 0.804. The zero-order chi connectivity index (χ0) is 12.5. The predicted octanol–water partition coefficient (Wildman–Crippen LogP) is -1.96. The molecule has 0 saturated heterocycles. The van der Waals surface area contributed by atoms with E-state index < -0.39 is 31.9 Å². The molecule has 0 aliphatic carbocycles. The second kappa shape index (κ2) is 3.83. The zero-order valence-electron chi connectivity index (χ0n) is 7.17. The van der Waals surface area contributed by atoms with Crippen molar-refractivity contribution in [1.29, 1.82) is 0 Å². The monoisotopic (exact) mass is 234 g/mol. The van der Waals surface area contributed by atoms with E-state index in [4.69, 9.17) is 0 Å². The molecular formula is C3H2N6O7. The quantitative estimate of drug-likeness (QED) is 0.460. The number of imidazole rings is 1. The largest absolute Gasteiger partial charge is 0.533 e. The maximum Gasteiger partial charge on any atom is 0.493 e. The van der Waals surface area contributed by atoms with Gasteiger partial charge in [-0.1, -0.05) is 0 Å². The number of quaternary nitrogens is 1. The summed E-state index contributed by atoms with van der Waals surface area (Å²) in [6, 6.07) is 0. The predicted molar refractivity (Wildman–Crippen MR) is 42.3 cm³/mol. The van der Waals surface area contributed by atoms with E-state index in [1.165, 1.54) is 0 Å². The molecule has 0 spiro atoms. The maximum absolute atomic E-state index is 10.8. The van der Waals surface area contributed by atoms with Crippen molar-refractivity contribution in [3.63, 3.8) is 0 Å². The van der Waals surface area contributed by atoms with Crippen molar-refractivity contribution < 1.29 is 20.2 Å². The molecule has 86 valence electrons. The van der Waals surface area contributed by atoms with Gasteiger partial charge in [-0.25, -0.2) is 10.1 Å². The summed E-state index contributed by atoms with van der Waals surface area (Å²) in [5, 5.41) is 38.0. The van der Waals surface area contributed by atoms with Gasteiger partial charge >= 0.3 is 11.8 Å². The van der Waals surface area contributed by atoms with Gasteiger partial charge in [-0.2, -0.15) is 0 Å². The lowest BCUT2D eigenvalue weighted by Gasteiger charge is -2.05. The molecular weight excluding hydrogens is 232 g/mol. The van der Waals surface area contributed by atoms with Gasteiger partial charge in [0.05, 0.1) is 5.28 Å². The summed E-state index contributed by atoms with van der Waals surface area (Å²) < 4.78 is -0.113. The van der Waals surface area contributed by atoms with Crippen LogP contribution in [-0.2, 0) is 0 Å². The standard InChI is InChI=1S/C3H2N6O7/c10-6(11)2-1-5(8(14)9(15)16)3(4-2)7(12)13/h1,8H. The summed E-state index contributed by atoms with van der Waals surface area (Å²) in [6.45, 7) is 0. The molecule has 0 aliphatic rings. The molecule has 0 aromatic carbocycles. The summed E-state index contributed by atoms with van der Waals surface area (Å²) in [7, 11) is 0. The van der Waals surface area contributed by atoms with Crippen molar-refractivity contribution in [3.8, 4) is 0 Å². The Balaban J connectivity index is 3.30. The number of nitrogens with one attached hydrogen (secondary N) is 1. The molecule has 1 aromatic rings. The minimum atomic E-state index is -1.90. The van der Waals surface area contributed by atoms with E-state index in [9.17, 15) is 35.6 Å². The van der Waals surface area contributed by atoms with Crippen LogP contribution >= 0.6 is 0 Å². The van der Waals surface area contributed by atoms with Gasteiger partial charge in [0.2, 0.25) is 6.20 Å². The Hall–Kier alpha value is -2.67.